The molecule has 1 unspecified atom stereocenters. The molecule has 0 aromatic heterocycles. The Balaban J connectivity index is 1.48. The zero-order valence-electron chi connectivity index (χ0n) is 14.8. The second-order valence-corrected chi connectivity index (χ2v) is 6.67. The number of hydrogen-bond acceptors (Lipinski definition) is 4. The highest BCUT2D eigenvalue weighted by molar-refractivity contribution is 5.87. The highest BCUT2D eigenvalue weighted by atomic mass is 16.5. The Kier molecular flexibility index (Phi) is 5.90. The minimum absolute atomic E-state index is 0.258. The van der Waals surface area contributed by atoms with E-state index >= 15 is 0 Å². The van der Waals surface area contributed by atoms with E-state index in [-0.39, 0.29) is 6.61 Å². The van der Waals surface area contributed by atoms with Crippen LogP contribution in [0.3, 0.4) is 0 Å². The van der Waals surface area contributed by atoms with Crippen molar-refractivity contribution in [2.75, 3.05) is 6.61 Å². The number of carboxylic acid groups (broad SMARTS) is 1. The number of ether oxygens (including phenoxy) is 1. The number of hydrogen-bond donors (Lipinski definition) is 3. The van der Waals surface area contributed by atoms with Crippen LogP contribution in [-0.4, -0.2) is 29.5 Å². The summed E-state index contributed by atoms with van der Waals surface area (Å²) in [5.74, 6) is -2.74. The third-order valence-corrected chi connectivity index (χ3v) is 4.84. The number of fused-ring (bicyclic) bond motifs is 1. The molecule has 7 heteroatoms. The van der Waals surface area contributed by atoms with E-state index in [0.29, 0.717) is 18.6 Å². The third kappa shape index (κ3) is 4.75. The molecule has 0 radical (unpaired) electrons. The SMILES string of the molecule is O=C(COc1ccc2ccccc2c1)NNC(=O)C1CCCC[C@@H]1C(=O)O. The number of amides is 2. The molecule has 2 atom stereocenters. The molecule has 1 saturated carbocycles. The smallest absolute Gasteiger partial charge is 0.307 e. The molecule has 0 bridgehead atoms. The molecule has 2 aromatic carbocycles. The van der Waals surface area contributed by atoms with Crippen LogP contribution in [0.15, 0.2) is 42.5 Å². The van der Waals surface area contributed by atoms with E-state index < -0.39 is 29.6 Å². The summed E-state index contributed by atoms with van der Waals surface area (Å²) in [4.78, 5) is 35.4. The van der Waals surface area contributed by atoms with E-state index in [4.69, 9.17) is 4.74 Å². The fraction of sp³-hybridized carbons (Fsp3) is 0.350. The predicted molar refractivity (Wildman–Crippen MR) is 98.8 cm³/mol. The van der Waals surface area contributed by atoms with Gasteiger partial charge in [0, 0.05) is 0 Å². The van der Waals surface area contributed by atoms with Crippen LogP contribution in [0.5, 0.6) is 5.75 Å². The first kappa shape index (κ1) is 18.7. The maximum atomic E-state index is 12.2. The van der Waals surface area contributed by atoms with Crippen LogP contribution in [0.1, 0.15) is 25.7 Å². The van der Waals surface area contributed by atoms with E-state index in [1.165, 1.54) is 0 Å². The summed E-state index contributed by atoms with van der Waals surface area (Å²) >= 11 is 0. The van der Waals surface area contributed by atoms with Gasteiger partial charge < -0.3 is 9.84 Å². The molecular weight excluding hydrogens is 348 g/mol. The van der Waals surface area contributed by atoms with Crippen molar-refractivity contribution in [1.82, 2.24) is 10.9 Å². The lowest BCUT2D eigenvalue weighted by atomic mass is 9.79. The van der Waals surface area contributed by atoms with Gasteiger partial charge in [-0.3, -0.25) is 25.2 Å². The second kappa shape index (κ2) is 8.53. The second-order valence-electron chi connectivity index (χ2n) is 6.67. The van der Waals surface area contributed by atoms with Gasteiger partial charge in [0.15, 0.2) is 6.61 Å². The van der Waals surface area contributed by atoms with E-state index in [0.717, 1.165) is 23.6 Å². The summed E-state index contributed by atoms with van der Waals surface area (Å²) in [5.41, 5.74) is 4.61. The maximum Gasteiger partial charge on any atom is 0.307 e. The molecule has 1 fully saturated rings. The number of rotatable bonds is 5. The van der Waals surface area contributed by atoms with Gasteiger partial charge in [-0.25, -0.2) is 0 Å². The largest absolute Gasteiger partial charge is 0.484 e. The quantitative estimate of drug-likeness (QED) is 0.700. The van der Waals surface area contributed by atoms with E-state index in [1.54, 1.807) is 6.07 Å². The van der Waals surface area contributed by atoms with Gasteiger partial charge in [0.05, 0.1) is 11.8 Å². The van der Waals surface area contributed by atoms with E-state index in [1.807, 2.05) is 36.4 Å². The molecule has 1 aliphatic rings. The minimum atomic E-state index is -0.971. The van der Waals surface area contributed by atoms with Crippen LogP contribution in [0, 0.1) is 11.8 Å². The minimum Gasteiger partial charge on any atom is -0.484 e. The Morgan fingerprint density at radius 2 is 1.67 bits per heavy atom. The first-order valence-corrected chi connectivity index (χ1v) is 8.97. The van der Waals surface area contributed by atoms with E-state index in [2.05, 4.69) is 10.9 Å². The van der Waals surface area contributed by atoms with Crippen molar-refractivity contribution in [2.45, 2.75) is 25.7 Å². The maximum absolute atomic E-state index is 12.2. The third-order valence-electron chi connectivity index (χ3n) is 4.84. The summed E-state index contributed by atoms with van der Waals surface area (Å²) in [7, 11) is 0. The van der Waals surface area contributed by atoms with Gasteiger partial charge in [-0.15, -0.1) is 0 Å². The number of carbonyl (C=O) groups excluding carboxylic acids is 2. The molecule has 1 aliphatic carbocycles. The van der Waals surface area contributed by atoms with Crippen molar-refractivity contribution in [3.63, 3.8) is 0 Å². The number of carboxylic acids is 1. The lowest BCUT2D eigenvalue weighted by molar-refractivity contribution is -0.149. The van der Waals surface area contributed by atoms with Crippen molar-refractivity contribution < 1.29 is 24.2 Å². The van der Waals surface area contributed by atoms with Gasteiger partial charge in [-0.05, 0) is 35.7 Å². The van der Waals surface area contributed by atoms with Gasteiger partial charge in [0.2, 0.25) is 5.91 Å². The normalized spacial score (nSPS) is 19.3. The first-order chi connectivity index (χ1) is 13.0. The van der Waals surface area contributed by atoms with Gasteiger partial charge in [0.1, 0.15) is 5.75 Å². The molecule has 3 N–H and O–H groups in total. The van der Waals surface area contributed by atoms with Crippen LogP contribution in [0.4, 0.5) is 0 Å². The van der Waals surface area contributed by atoms with Crippen LogP contribution >= 0.6 is 0 Å². The lowest BCUT2D eigenvalue weighted by Gasteiger charge is -2.27. The summed E-state index contributed by atoms with van der Waals surface area (Å²) in [5, 5.41) is 11.3. The highest BCUT2D eigenvalue weighted by Gasteiger charge is 2.35. The Morgan fingerprint density at radius 1 is 0.963 bits per heavy atom. The molecule has 3 rings (SSSR count). The van der Waals surface area contributed by atoms with E-state index in [9.17, 15) is 19.5 Å². The Morgan fingerprint density at radius 3 is 2.41 bits per heavy atom. The monoisotopic (exact) mass is 370 g/mol. The summed E-state index contributed by atoms with van der Waals surface area (Å²) in [6.07, 6.45) is 2.59. The Hall–Kier alpha value is -3.09. The Labute approximate surface area is 156 Å². The molecule has 7 nitrogen and oxygen atoms in total. The predicted octanol–water partition coefficient (Wildman–Crippen LogP) is 2.26. The van der Waals surface area contributed by atoms with Crippen LogP contribution in [0.25, 0.3) is 10.8 Å². The molecular formula is C20H22N2O5. The molecule has 2 aromatic rings. The van der Waals surface area contributed by atoms with Crippen LogP contribution in [-0.2, 0) is 14.4 Å². The molecule has 142 valence electrons. The number of carbonyl (C=O) groups is 3. The van der Waals surface area contributed by atoms with Gasteiger partial charge >= 0.3 is 5.97 Å². The standard InChI is InChI=1S/C20H22N2O5/c23-18(12-27-15-10-9-13-5-1-2-6-14(13)11-15)21-22-19(24)16-7-3-4-8-17(16)20(25)26/h1-2,5-6,9-11,16-17H,3-4,7-8,12H2,(H,21,23)(H,22,24)(H,25,26)/t16?,17-/m0/s1. The van der Waals surface area contributed by atoms with Gasteiger partial charge in [-0.1, -0.05) is 43.2 Å². The summed E-state index contributed by atoms with van der Waals surface area (Å²) < 4.78 is 5.46. The van der Waals surface area contributed by atoms with Gasteiger partial charge in [-0.2, -0.15) is 0 Å². The lowest BCUT2D eigenvalue weighted by Crippen LogP contribution is -2.49. The number of hydrazine groups is 1. The molecule has 0 aliphatic heterocycles. The average molecular weight is 370 g/mol. The fourth-order valence-electron chi connectivity index (χ4n) is 3.41. The van der Waals surface area contributed by atoms with Crippen molar-refractivity contribution in [2.24, 2.45) is 11.8 Å². The number of nitrogens with one attached hydrogen (secondary N) is 2. The number of aliphatic carboxylic acids is 1. The molecule has 27 heavy (non-hydrogen) atoms. The fourth-order valence-corrected chi connectivity index (χ4v) is 3.41. The van der Waals surface area contributed by atoms with Crippen LogP contribution in [0.2, 0.25) is 0 Å². The van der Waals surface area contributed by atoms with Crippen molar-refractivity contribution in [3.8, 4) is 5.75 Å². The summed E-state index contributed by atoms with van der Waals surface area (Å²) in [6.45, 7) is -0.258. The molecule has 2 amide bonds. The molecule has 0 saturated heterocycles. The highest BCUT2D eigenvalue weighted by Crippen LogP contribution is 2.30. The van der Waals surface area contributed by atoms with Crippen molar-refractivity contribution in [1.29, 1.82) is 0 Å². The molecule has 0 spiro atoms. The van der Waals surface area contributed by atoms with Crippen molar-refractivity contribution >= 4 is 28.6 Å². The average Bonchev–Trinajstić information content (AvgIpc) is 2.70. The Bertz CT molecular complexity index is 851. The summed E-state index contributed by atoms with van der Waals surface area (Å²) in [6, 6.07) is 13.3. The first-order valence-electron chi connectivity index (χ1n) is 8.97. The van der Waals surface area contributed by atoms with Gasteiger partial charge in [0.25, 0.3) is 5.91 Å². The van der Waals surface area contributed by atoms with Crippen LogP contribution < -0.4 is 15.6 Å². The number of benzene rings is 2. The zero-order valence-corrected chi connectivity index (χ0v) is 14.8. The zero-order chi connectivity index (χ0) is 19.2. The topological polar surface area (TPSA) is 105 Å². The van der Waals surface area contributed by atoms with Crippen molar-refractivity contribution in [3.05, 3.63) is 42.5 Å². The molecule has 0 heterocycles.